The smallest absolute Gasteiger partial charge is 0.173 e. The second-order valence-electron chi connectivity index (χ2n) is 7.35. The first kappa shape index (κ1) is 19.9. The topological polar surface area (TPSA) is 69.5 Å². The summed E-state index contributed by atoms with van der Waals surface area (Å²) in [6.07, 6.45) is 0.828. The number of aromatic nitrogens is 1. The Hall–Kier alpha value is -2.40. The summed E-state index contributed by atoms with van der Waals surface area (Å²) in [6.45, 7) is 4.66. The molecule has 1 aromatic heterocycles. The molecule has 0 aliphatic carbocycles. The number of likely N-dealkylation sites (N-methyl/N-ethyl adjacent to an activating group) is 1. The Balaban J connectivity index is 1.67. The molecule has 7 heteroatoms. The normalized spacial score (nSPS) is 16.9. The van der Waals surface area contributed by atoms with Crippen molar-refractivity contribution in [3.8, 4) is 6.07 Å². The van der Waals surface area contributed by atoms with E-state index in [4.69, 9.17) is 9.72 Å². The highest BCUT2D eigenvalue weighted by Crippen LogP contribution is 2.35. The third-order valence-electron chi connectivity index (χ3n) is 5.39. The number of Topliss-reactive ketones (excluding diaryl/α,β-unsaturated/α-hetero) is 1. The quantitative estimate of drug-likeness (QED) is 0.556. The average molecular weight is 409 g/mol. The fourth-order valence-electron chi connectivity index (χ4n) is 3.83. The number of thioether (sulfide) groups is 1. The van der Waals surface area contributed by atoms with Gasteiger partial charge in [0.1, 0.15) is 16.9 Å². The van der Waals surface area contributed by atoms with Crippen molar-refractivity contribution in [2.45, 2.75) is 18.0 Å². The van der Waals surface area contributed by atoms with Gasteiger partial charge >= 0.3 is 0 Å². The molecule has 6 nitrogen and oxygen atoms in total. The molecule has 0 spiro atoms. The molecule has 1 aromatic carbocycles. The van der Waals surface area contributed by atoms with Gasteiger partial charge in [-0.25, -0.2) is 4.98 Å². The number of nitrogens with zero attached hydrogens (tertiary/aromatic N) is 4. The van der Waals surface area contributed by atoms with E-state index in [1.165, 1.54) is 11.8 Å². The van der Waals surface area contributed by atoms with E-state index in [0.717, 1.165) is 49.5 Å². The van der Waals surface area contributed by atoms with Gasteiger partial charge < -0.3 is 14.5 Å². The molecule has 0 atom stereocenters. The number of anilines is 1. The first-order valence-corrected chi connectivity index (χ1v) is 10.8. The van der Waals surface area contributed by atoms with Crippen LogP contribution in [0, 0.1) is 11.3 Å². The Labute approximate surface area is 175 Å². The van der Waals surface area contributed by atoms with Crippen LogP contribution in [0.1, 0.15) is 27.0 Å². The standard InChI is InChI=1S/C22H24N4O2S/c1-25-8-7-17-18(13-23)22(29-15-20(27)16-5-3-2-4-6-16)24-21(19(17)14-25)26-9-11-28-12-10-26/h2-6H,7-12,14-15H2,1H3. The molecule has 0 radical (unpaired) electrons. The van der Waals surface area contributed by atoms with Crippen LogP contribution in [0.15, 0.2) is 35.4 Å². The predicted octanol–water partition coefficient (Wildman–Crippen LogP) is 2.75. The van der Waals surface area contributed by atoms with Crippen molar-refractivity contribution in [3.05, 3.63) is 52.6 Å². The van der Waals surface area contributed by atoms with Crippen LogP contribution < -0.4 is 4.90 Å². The largest absolute Gasteiger partial charge is 0.378 e. The second kappa shape index (κ2) is 8.95. The third-order valence-corrected chi connectivity index (χ3v) is 6.36. The Morgan fingerprint density at radius 1 is 1.21 bits per heavy atom. The van der Waals surface area contributed by atoms with Crippen molar-refractivity contribution in [2.75, 3.05) is 50.5 Å². The van der Waals surface area contributed by atoms with E-state index in [1.54, 1.807) is 0 Å². The summed E-state index contributed by atoms with van der Waals surface area (Å²) in [4.78, 5) is 22.0. The first-order chi connectivity index (χ1) is 14.2. The van der Waals surface area contributed by atoms with Crippen LogP contribution in [-0.4, -0.2) is 61.3 Å². The van der Waals surface area contributed by atoms with Crippen LogP contribution in [-0.2, 0) is 17.7 Å². The van der Waals surface area contributed by atoms with Gasteiger partial charge in [-0.2, -0.15) is 5.26 Å². The molecule has 0 bridgehead atoms. The monoisotopic (exact) mass is 408 g/mol. The van der Waals surface area contributed by atoms with Crippen LogP contribution in [0.3, 0.4) is 0 Å². The minimum absolute atomic E-state index is 0.0478. The summed E-state index contributed by atoms with van der Waals surface area (Å²) in [7, 11) is 2.10. The minimum Gasteiger partial charge on any atom is -0.378 e. The highest BCUT2D eigenvalue weighted by molar-refractivity contribution is 8.00. The lowest BCUT2D eigenvalue weighted by Crippen LogP contribution is -2.39. The van der Waals surface area contributed by atoms with Gasteiger partial charge in [0.05, 0.1) is 24.5 Å². The Bertz CT molecular complexity index is 936. The zero-order valence-corrected chi connectivity index (χ0v) is 17.4. The number of pyridine rings is 1. The van der Waals surface area contributed by atoms with E-state index in [0.29, 0.717) is 29.4 Å². The summed E-state index contributed by atoms with van der Waals surface area (Å²) < 4.78 is 5.51. The van der Waals surface area contributed by atoms with Gasteiger partial charge in [-0.05, 0) is 19.0 Å². The molecule has 0 N–H and O–H groups in total. The number of hydrogen-bond acceptors (Lipinski definition) is 7. The number of carbonyl (C=O) groups excluding carboxylic acids is 1. The van der Waals surface area contributed by atoms with Gasteiger partial charge in [0.2, 0.25) is 0 Å². The highest BCUT2D eigenvalue weighted by Gasteiger charge is 2.28. The van der Waals surface area contributed by atoms with Crippen molar-refractivity contribution in [1.82, 2.24) is 9.88 Å². The van der Waals surface area contributed by atoms with Gasteiger partial charge in [-0.1, -0.05) is 42.1 Å². The Kier molecular flexibility index (Phi) is 6.14. The van der Waals surface area contributed by atoms with Crippen LogP contribution in [0.5, 0.6) is 0 Å². The molecule has 1 saturated heterocycles. The van der Waals surface area contributed by atoms with Gasteiger partial charge in [-0.3, -0.25) is 4.79 Å². The van der Waals surface area contributed by atoms with Crippen LogP contribution in [0.25, 0.3) is 0 Å². The maximum atomic E-state index is 12.6. The molecule has 4 rings (SSSR count). The number of nitriles is 1. The van der Waals surface area contributed by atoms with Crippen molar-refractivity contribution in [1.29, 1.82) is 5.26 Å². The van der Waals surface area contributed by atoms with Gasteiger partial charge in [0.25, 0.3) is 0 Å². The van der Waals surface area contributed by atoms with Crippen molar-refractivity contribution < 1.29 is 9.53 Å². The molecule has 0 saturated carbocycles. The molecule has 3 heterocycles. The maximum absolute atomic E-state index is 12.6. The number of benzene rings is 1. The minimum atomic E-state index is 0.0478. The van der Waals surface area contributed by atoms with E-state index in [9.17, 15) is 10.1 Å². The number of carbonyl (C=O) groups is 1. The molecule has 1 fully saturated rings. The summed E-state index contributed by atoms with van der Waals surface area (Å²) in [6, 6.07) is 11.6. The molecule has 150 valence electrons. The number of ether oxygens (including phenoxy) is 1. The summed E-state index contributed by atoms with van der Waals surface area (Å²) >= 11 is 1.37. The summed E-state index contributed by atoms with van der Waals surface area (Å²) in [5, 5.41) is 10.6. The Morgan fingerprint density at radius 2 is 1.97 bits per heavy atom. The maximum Gasteiger partial charge on any atom is 0.173 e. The molecule has 0 amide bonds. The number of fused-ring (bicyclic) bond motifs is 1. The van der Waals surface area contributed by atoms with Crippen LogP contribution in [0.4, 0.5) is 5.82 Å². The number of rotatable bonds is 5. The number of ketones is 1. The molecule has 2 aliphatic heterocycles. The fraction of sp³-hybridized carbons (Fsp3) is 0.409. The van der Waals surface area contributed by atoms with E-state index >= 15 is 0 Å². The number of hydrogen-bond donors (Lipinski definition) is 0. The molecular weight excluding hydrogens is 384 g/mol. The van der Waals surface area contributed by atoms with E-state index < -0.39 is 0 Å². The predicted molar refractivity (Wildman–Crippen MR) is 114 cm³/mol. The lowest BCUT2D eigenvalue weighted by Gasteiger charge is -2.34. The lowest BCUT2D eigenvalue weighted by atomic mass is 9.96. The first-order valence-electron chi connectivity index (χ1n) is 9.85. The number of morpholine rings is 1. The van der Waals surface area contributed by atoms with Gasteiger partial charge in [-0.15, -0.1) is 0 Å². The van der Waals surface area contributed by atoms with Crippen LogP contribution in [0.2, 0.25) is 0 Å². The van der Waals surface area contributed by atoms with E-state index in [-0.39, 0.29) is 11.5 Å². The molecule has 0 unspecified atom stereocenters. The van der Waals surface area contributed by atoms with Crippen molar-refractivity contribution >= 4 is 23.4 Å². The summed E-state index contributed by atoms with van der Waals surface area (Å²) in [5.41, 5.74) is 3.56. The molecular formula is C22H24N4O2S. The SMILES string of the molecule is CN1CCc2c(C#N)c(SCC(=O)c3ccccc3)nc(N3CCOCC3)c2C1. The molecule has 29 heavy (non-hydrogen) atoms. The third kappa shape index (κ3) is 4.30. The lowest BCUT2D eigenvalue weighted by molar-refractivity contribution is 0.102. The van der Waals surface area contributed by atoms with E-state index in [2.05, 4.69) is 22.9 Å². The summed E-state index contributed by atoms with van der Waals surface area (Å²) in [5.74, 6) is 1.27. The van der Waals surface area contributed by atoms with Crippen molar-refractivity contribution in [3.63, 3.8) is 0 Å². The molecule has 2 aliphatic rings. The second-order valence-corrected chi connectivity index (χ2v) is 8.31. The zero-order chi connectivity index (χ0) is 20.2. The zero-order valence-electron chi connectivity index (χ0n) is 16.6. The van der Waals surface area contributed by atoms with Gasteiger partial charge in [0.15, 0.2) is 5.78 Å². The highest BCUT2D eigenvalue weighted by atomic mass is 32.2. The van der Waals surface area contributed by atoms with Crippen LogP contribution >= 0.6 is 11.8 Å². The molecule has 2 aromatic rings. The Morgan fingerprint density at radius 3 is 2.69 bits per heavy atom. The average Bonchev–Trinajstić information content (AvgIpc) is 2.77. The van der Waals surface area contributed by atoms with Gasteiger partial charge in [0, 0.05) is 37.3 Å². The van der Waals surface area contributed by atoms with Crippen molar-refractivity contribution in [2.24, 2.45) is 0 Å². The fourth-order valence-corrected chi connectivity index (χ4v) is 4.72. The van der Waals surface area contributed by atoms with E-state index in [1.807, 2.05) is 30.3 Å².